The Morgan fingerprint density at radius 3 is 2.48 bits per heavy atom. The molecule has 0 saturated carbocycles. The van der Waals surface area contributed by atoms with Gasteiger partial charge in [0.05, 0.1) is 11.1 Å². The highest BCUT2D eigenvalue weighted by atomic mass is 19.4. The molecule has 0 radical (unpaired) electrons. The molecule has 23 heavy (non-hydrogen) atoms. The van der Waals surface area contributed by atoms with Crippen molar-refractivity contribution in [3.63, 3.8) is 0 Å². The maximum Gasteiger partial charge on any atom is 0.435 e. The van der Waals surface area contributed by atoms with Crippen LogP contribution in [-0.4, -0.2) is 21.7 Å². The van der Waals surface area contributed by atoms with Crippen molar-refractivity contribution in [2.45, 2.75) is 13.1 Å². The van der Waals surface area contributed by atoms with Crippen molar-refractivity contribution in [3.8, 4) is 0 Å². The van der Waals surface area contributed by atoms with Gasteiger partial charge in [0, 0.05) is 13.2 Å². The molecule has 0 aliphatic heterocycles. The Bertz CT molecular complexity index is 753. The summed E-state index contributed by atoms with van der Waals surface area (Å²) in [7, 11) is 1.24. The van der Waals surface area contributed by atoms with Crippen LogP contribution >= 0.6 is 0 Å². The van der Waals surface area contributed by atoms with Gasteiger partial charge in [0.1, 0.15) is 0 Å². The Labute approximate surface area is 128 Å². The zero-order chi connectivity index (χ0) is 17.2. The fraction of sp³-hybridized carbons (Fsp3) is 0.214. The molecule has 2 aromatic rings. The molecule has 0 aliphatic rings. The third-order valence-electron chi connectivity index (χ3n) is 2.94. The number of aromatic nitrogens is 2. The third-order valence-corrected chi connectivity index (χ3v) is 2.94. The second-order valence-electron chi connectivity index (χ2n) is 4.70. The molecule has 9 heteroatoms. The first kappa shape index (κ1) is 16.5. The van der Waals surface area contributed by atoms with Crippen LogP contribution in [0.5, 0.6) is 0 Å². The van der Waals surface area contributed by atoms with Gasteiger partial charge in [-0.2, -0.15) is 23.8 Å². The van der Waals surface area contributed by atoms with Gasteiger partial charge in [-0.1, -0.05) is 18.2 Å². The largest absolute Gasteiger partial charge is 0.435 e. The first-order valence-electron chi connectivity index (χ1n) is 6.38. The monoisotopic (exact) mass is 327 g/mol. The number of hydroxylamine groups is 1. The summed E-state index contributed by atoms with van der Waals surface area (Å²) in [5.74, 6) is -2.10. The van der Waals surface area contributed by atoms with E-state index in [4.69, 9.17) is 0 Å². The van der Waals surface area contributed by atoms with Gasteiger partial charge in [-0.15, -0.1) is 0 Å². The topological polar surface area (TPSA) is 73.2 Å². The number of hydrogen-bond acceptors (Lipinski definition) is 4. The van der Waals surface area contributed by atoms with Crippen molar-refractivity contribution >= 4 is 11.9 Å². The Morgan fingerprint density at radius 2 is 1.87 bits per heavy atom. The Morgan fingerprint density at radius 1 is 1.22 bits per heavy atom. The quantitative estimate of drug-likeness (QED) is 0.859. The lowest BCUT2D eigenvalue weighted by Gasteiger charge is -2.08. The van der Waals surface area contributed by atoms with Crippen LogP contribution in [0.4, 0.5) is 13.2 Å². The van der Waals surface area contributed by atoms with Crippen LogP contribution in [0.25, 0.3) is 0 Å². The van der Waals surface area contributed by atoms with Gasteiger partial charge in [0.15, 0.2) is 5.69 Å². The minimum absolute atomic E-state index is 0.190. The van der Waals surface area contributed by atoms with E-state index in [2.05, 4.69) is 9.94 Å². The van der Waals surface area contributed by atoms with Crippen LogP contribution in [0, 0.1) is 6.92 Å². The second-order valence-corrected chi connectivity index (χ2v) is 4.70. The lowest BCUT2D eigenvalue weighted by molar-refractivity contribution is -0.141. The number of nitrogens with zero attached hydrogens (tertiary/aromatic N) is 2. The molecule has 1 heterocycles. The smallest absolute Gasteiger partial charge is 0.335 e. The third kappa shape index (κ3) is 3.68. The van der Waals surface area contributed by atoms with E-state index in [-0.39, 0.29) is 5.56 Å². The van der Waals surface area contributed by atoms with E-state index in [0.29, 0.717) is 5.56 Å². The molecular formula is C14H12F3N3O3. The van der Waals surface area contributed by atoms with Gasteiger partial charge in [-0.3, -0.25) is 9.48 Å². The molecule has 0 atom stereocenters. The number of carbonyl (C=O) groups excluding carboxylic acids is 2. The fourth-order valence-corrected chi connectivity index (χ4v) is 1.87. The number of alkyl halides is 3. The molecule has 6 nitrogen and oxygen atoms in total. The SMILES string of the molecule is Cc1ccccc1C(=O)ONC(=O)c1cn(C)nc1C(F)(F)F. The molecule has 0 saturated heterocycles. The molecule has 0 fully saturated rings. The predicted octanol–water partition coefficient (Wildman–Crippen LogP) is 2.25. The number of hydrogen-bond donors (Lipinski definition) is 1. The number of rotatable bonds is 2. The molecule has 0 aliphatic carbocycles. The summed E-state index contributed by atoms with van der Waals surface area (Å²) in [4.78, 5) is 28.2. The van der Waals surface area contributed by atoms with E-state index in [1.54, 1.807) is 30.6 Å². The Kier molecular flexibility index (Phi) is 4.39. The van der Waals surface area contributed by atoms with Crippen molar-refractivity contribution < 1.29 is 27.6 Å². The number of halogens is 3. The first-order valence-corrected chi connectivity index (χ1v) is 6.38. The maximum atomic E-state index is 12.8. The van der Waals surface area contributed by atoms with Crippen LogP contribution in [0.3, 0.4) is 0 Å². The molecule has 1 aromatic heterocycles. The van der Waals surface area contributed by atoms with Crippen LogP contribution in [0.1, 0.15) is 32.0 Å². The van der Waals surface area contributed by atoms with E-state index < -0.39 is 29.3 Å². The Hall–Kier alpha value is -2.84. The summed E-state index contributed by atoms with van der Waals surface area (Å²) < 4.78 is 39.2. The van der Waals surface area contributed by atoms with Crippen molar-refractivity contribution in [1.82, 2.24) is 15.3 Å². The zero-order valence-corrected chi connectivity index (χ0v) is 12.1. The number of carbonyl (C=O) groups is 2. The van der Waals surface area contributed by atoms with E-state index in [9.17, 15) is 22.8 Å². The average Bonchev–Trinajstić information content (AvgIpc) is 2.87. The summed E-state index contributed by atoms with van der Waals surface area (Å²) in [6.45, 7) is 1.65. The fourth-order valence-electron chi connectivity index (χ4n) is 1.87. The van der Waals surface area contributed by atoms with Crippen molar-refractivity contribution in [2.24, 2.45) is 7.05 Å². The summed E-state index contributed by atoms with van der Waals surface area (Å²) in [5, 5.41) is 3.19. The van der Waals surface area contributed by atoms with Gasteiger partial charge >= 0.3 is 12.1 Å². The Balaban J connectivity index is 2.12. The van der Waals surface area contributed by atoms with Crippen molar-refractivity contribution in [3.05, 3.63) is 52.8 Å². The highest BCUT2D eigenvalue weighted by Gasteiger charge is 2.39. The molecule has 0 spiro atoms. The molecule has 1 N–H and O–H groups in total. The van der Waals surface area contributed by atoms with Gasteiger partial charge in [-0.25, -0.2) is 4.79 Å². The predicted molar refractivity (Wildman–Crippen MR) is 72.3 cm³/mol. The van der Waals surface area contributed by atoms with Crippen LogP contribution in [-0.2, 0) is 18.1 Å². The second kappa shape index (κ2) is 6.11. The molecule has 0 unspecified atom stereocenters. The molecule has 0 bridgehead atoms. The van der Waals surface area contributed by atoms with Crippen LogP contribution in [0.2, 0.25) is 0 Å². The summed E-state index contributed by atoms with van der Waals surface area (Å²) in [5.41, 5.74) is 0.404. The highest BCUT2D eigenvalue weighted by Crippen LogP contribution is 2.30. The zero-order valence-electron chi connectivity index (χ0n) is 12.1. The van der Waals surface area contributed by atoms with Crippen molar-refractivity contribution in [2.75, 3.05) is 0 Å². The standard InChI is InChI=1S/C14H12F3N3O3/c1-8-5-3-4-6-9(8)13(22)23-19-12(21)10-7-20(2)18-11(10)14(15,16)17/h3-7H,1-2H3,(H,19,21). The van der Waals surface area contributed by atoms with Gasteiger partial charge < -0.3 is 4.84 Å². The lowest BCUT2D eigenvalue weighted by Crippen LogP contribution is -2.29. The normalized spacial score (nSPS) is 11.2. The molecular weight excluding hydrogens is 315 g/mol. The number of aryl methyl sites for hydroxylation is 2. The highest BCUT2D eigenvalue weighted by molar-refractivity contribution is 5.97. The van der Waals surface area contributed by atoms with E-state index in [1.165, 1.54) is 13.1 Å². The number of nitrogens with one attached hydrogen (secondary N) is 1. The maximum absolute atomic E-state index is 12.8. The minimum atomic E-state index is -4.80. The summed E-state index contributed by atoms with van der Waals surface area (Å²) in [6, 6.07) is 6.42. The number of benzene rings is 1. The van der Waals surface area contributed by atoms with Gasteiger partial charge in [0.2, 0.25) is 0 Å². The minimum Gasteiger partial charge on any atom is -0.335 e. The van der Waals surface area contributed by atoms with Crippen LogP contribution < -0.4 is 5.48 Å². The average molecular weight is 327 g/mol. The van der Waals surface area contributed by atoms with E-state index in [1.807, 2.05) is 0 Å². The van der Waals surface area contributed by atoms with E-state index in [0.717, 1.165) is 10.9 Å². The summed E-state index contributed by atoms with van der Waals surface area (Å²) >= 11 is 0. The first-order chi connectivity index (χ1) is 10.7. The number of amides is 1. The molecule has 122 valence electrons. The van der Waals surface area contributed by atoms with Crippen LogP contribution in [0.15, 0.2) is 30.5 Å². The molecule has 1 amide bonds. The molecule has 2 rings (SSSR count). The van der Waals surface area contributed by atoms with Gasteiger partial charge in [-0.05, 0) is 18.6 Å². The van der Waals surface area contributed by atoms with Crippen molar-refractivity contribution in [1.29, 1.82) is 0 Å². The summed E-state index contributed by atoms with van der Waals surface area (Å²) in [6.07, 6.45) is -3.91. The lowest BCUT2D eigenvalue weighted by atomic mass is 10.1. The van der Waals surface area contributed by atoms with E-state index >= 15 is 0 Å². The van der Waals surface area contributed by atoms with Gasteiger partial charge in [0.25, 0.3) is 5.91 Å². The molecule has 1 aromatic carbocycles.